The van der Waals surface area contributed by atoms with Crippen LogP contribution in [0, 0.1) is 0 Å². The molecule has 5 heteroatoms. The molecule has 1 N–H and O–H groups in total. The third-order valence-corrected chi connectivity index (χ3v) is 4.60. The number of fused-ring (bicyclic) bond motifs is 1. The molecule has 110 valence electrons. The summed E-state index contributed by atoms with van der Waals surface area (Å²) >= 11 is 1.51. The number of nitrogens with one attached hydrogen (secondary N) is 1. The van der Waals surface area contributed by atoms with Crippen molar-refractivity contribution in [1.29, 1.82) is 0 Å². The molecule has 1 aromatic carbocycles. The largest absolute Gasteiger partial charge is 0.352 e. The maximum Gasteiger partial charge on any atom is 0.233 e. The molecule has 0 radical (unpaired) electrons. The number of carbonyl (C=O) groups is 1. The Bertz CT molecular complexity index is 675. The number of hydrogen-bond acceptors (Lipinski definition) is 3. The van der Waals surface area contributed by atoms with E-state index in [2.05, 4.69) is 21.4 Å². The van der Waals surface area contributed by atoms with Crippen LogP contribution in [0.15, 0.2) is 42.1 Å². The zero-order valence-electron chi connectivity index (χ0n) is 12.1. The fraction of sp³-hybridized carbons (Fsp3) is 0.375. The van der Waals surface area contributed by atoms with Crippen molar-refractivity contribution < 1.29 is 4.79 Å². The van der Waals surface area contributed by atoms with Crippen LogP contribution in [-0.4, -0.2) is 26.8 Å². The van der Waals surface area contributed by atoms with Gasteiger partial charge < -0.3 is 9.88 Å². The van der Waals surface area contributed by atoms with Gasteiger partial charge in [-0.05, 0) is 31.9 Å². The van der Waals surface area contributed by atoms with Gasteiger partial charge in [-0.1, -0.05) is 30.0 Å². The number of amides is 1. The molecule has 1 heterocycles. The normalized spacial score (nSPS) is 15.9. The first-order valence-corrected chi connectivity index (χ1v) is 8.10. The quantitative estimate of drug-likeness (QED) is 0.659. The van der Waals surface area contributed by atoms with Gasteiger partial charge in [-0.2, -0.15) is 0 Å². The van der Waals surface area contributed by atoms with Crippen LogP contribution >= 0.6 is 11.8 Å². The Morgan fingerprint density at radius 3 is 3.05 bits per heavy atom. The molecule has 1 fully saturated rings. The van der Waals surface area contributed by atoms with E-state index in [0.717, 1.165) is 29.0 Å². The standard InChI is InChI=1S/C16H19N3OS/c1-3-10-19-14-7-5-4-6-13(14)18-16(19)21-11(2)15(20)17-12-8-9-12/h3-7,11-12H,1,8-10H2,2H3,(H,17,20)/t11-/m1/s1. The first-order chi connectivity index (χ1) is 10.2. The van der Waals surface area contributed by atoms with Crippen molar-refractivity contribution in [3.05, 3.63) is 36.9 Å². The van der Waals surface area contributed by atoms with Crippen molar-refractivity contribution in [2.75, 3.05) is 0 Å². The van der Waals surface area contributed by atoms with Gasteiger partial charge in [0.25, 0.3) is 0 Å². The Morgan fingerprint density at radius 2 is 2.33 bits per heavy atom. The second kappa shape index (κ2) is 5.93. The van der Waals surface area contributed by atoms with E-state index in [0.29, 0.717) is 12.6 Å². The molecule has 1 saturated carbocycles. The summed E-state index contributed by atoms with van der Waals surface area (Å²) in [5.74, 6) is 0.0970. The second-order valence-electron chi connectivity index (χ2n) is 5.33. The van der Waals surface area contributed by atoms with E-state index < -0.39 is 0 Å². The number of allylic oxidation sites excluding steroid dienone is 1. The van der Waals surface area contributed by atoms with Crippen LogP contribution in [0.2, 0.25) is 0 Å². The summed E-state index contributed by atoms with van der Waals surface area (Å²) in [7, 11) is 0. The van der Waals surface area contributed by atoms with E-state index >= 15 is 0 Å². The Morgan fingerprint density at radius 1 is 1.57 bits per heavy atom. The van der Waals surface area contributed by atoms with Gasteiger partial charge in [0.1, 0.15) is 0 Å². The van der Waals surface area contributed by atoms with Gasteiger partial charge in [-0.25, -0.2) is 4.98 Å². The molecule has 2 aromatic rings. The van der Waals surface area contributed by atoms with Crippen molar-refractivity contribution in [2.45, 2.75) is 42.8 Å². The first kappa shape index (κ1) is 14.2. The van der Waals surface area contributed by atoms with Gasteiger partial charge in [-0.3, -0.25) is 4.79 Å². The highest BCUT2D eigenvalue weighted by Gasteiger charge is 2.26. The van der Waals surface area contributed by atoms with Crippen LogP contribution in [0.1, 0.15) is 19.8 Å². The summed E-state index contributed by atoms with van der Waals surface area (Å²) in [6.07, 6.45) is 4.07. The van der Waals surface area contributed by atoms with Crippen molar-refractivity contribution in [1.82, 2.24) is 14.9 Å². The lowest BCUT2D eigenvalue weighted by molar-refractivity contribution is -0.120. The van der Waals surface area contributed by atoms with Crippen LogP contribution in [0.25, 0.3) is 11.0 Å². The fourth-order valence-electron chi connectivity index (χ4n) is 2.21. The summed E-state index contributed by atoms with van der Waals surface area (Å²) in [5.41, 5.74) is 2.03. The summed E-state index contributed by atoms with van der Waals surface area (Å²) < 4.78 is 2.11. The van der Waals surface area contributed by atoms with Crippen molar-refractivity contribution in [2.24, 2.45) is 0 Å². The fourth-order valence-corrected chi connectivity index (χ4v) is 3.15. The number of nitrogens with zero attached hydrogens (tertiary/aromatic N) is 2. The minimum absolute atomic E-state index is 0.0970. The molecule has 4 nitrogen and oxygen atoms in total. The first-order valence-electron chi connectivity index (χ1n) is 7.22. The Balaban J connectivity index is 1.82. The van der Waals surface area contributed by atoms with Gasteiger partial charge in [0.2, 0.25) is 5.91 Å². The number of aromatic nitrogens is 2. The second-order valence-corrected chi connectivity index (χ2v) is 6.63. The monoisotopic (exact) mass is 301 g/mol. The van der Waals surface area contributed by atoms with Crippen LogP contribution in [0.5, 0.6) is 0 Å². The lowest BCUT2D eigenvalue weighted by atomic mass is 10.3. The highest BCUT2D eigenvalue weighted by molar-refractivity contribution is 8.00. The number of thioether (sulfide) groups is 1. The molecular formula is C16H19N3OS. The van der Waals surface area contributed by atoms with E-state index in [-0.39, 0.29) is 11.2 Å². The van der Waals surface area contributed by atoms with Crippen LogP contribution < -0.4 is 5.32 Å². The molecule has 21 heavy (non-hydrogen) atoms. The number of carbonyl (C=O) groups excluding carboxylic acids is 1. The minimum atomic E-state index is -0.147. The molecule has 1 atom stereocenters. The third kappa shape index (κ3) is 3.13. The lowest BCUT2D eigenvalue weighted by Gasteiger charge is -2.12. The number of imidazole rings is 1. The number of para-hydroxylation sites is 2. The molecule has 1 aliphatic carbocycles. The average Bonchev–Trinajstić information content (AvgIpc) is 3.22. The molecule has 3 rings (SSSR count). The minimum Gasteiger partial charge on any atom is -0.352 e. The SMILES string of the molecule is C=CCn1c(S[C@H](C)C(=O)NC2CC2)nc2ccccc21. The number of rotatable bonds is 6. The zero-order chi connectivity index (χ0) is 14.8. The van der Waals surface area contributed by atoms with E-state index in [1.807, 2.05) is 37.3 Å². The molecule has 0 aliphatic heterocycles. The Kier molecular flexibility index (Phi) is 4.01. The summed E-state index contributed by atoms with van der Waals surface area (Å²) in [4.78, 5) is 16.7. The molecule has 0 saturated heterocycles. The Hall–Kier alpha value is -1.75. The molecule has 1 aliphatic rings. The molecule has 0 spiro atoms. The summed E-state index contributed by atoms with van der Waals surface area (Å²) in [5, 5.41) is 3.76. The van der Waals surface area contributed by atoms with Crippen LogP contribution in [-0.2, 0) is 11.3 Å². The topological polar surface area (TPSA) is 46.9 Å². The van der Waals surface area contributed by atoms with Gasteiger partial charge >= 0.3 is 0 Å². The molecular weight excluding hydrogens is 282 g/mol. The molecule has 1 aromatic heterocycles. The van der Waals surface area contributed by atoms with Gasteiger partial charge in [0.15, 0.2) is 5.16 Å². The van der Waals surface area contributed by atoms with Crippen molar-refractivity contribution in [3.8, 4) is 0 Å². The highest BCUT2D eigenvalue weighted by atomic mass is 32.2. The average molecular weight is 301 g/mol. The van der Waals surface area contributed by atoms with Gasteiger partial charge in [0.05, 0.1) is 16.3 Å². The molecule has 1 amide bonds. The Labute approximate surface area is 128 Å². The number of hydrogen-bond donors (Lipinski definition) is 1. The highest BCUT2D eigenvalue weighted by Crippen LogP contribution is 2.28. The maximum atomic E-state index is 12.1. The summed E-state index contributed by atoms with van der Waals surface area (Å²) in [6.45, 7) is 6.43. The molecule has 0 bridgehead atoms. The van der Waals surface area contributed by atoms with Crippen LogP contribution in [0.4, 0.5) is 0 Å². The smallest absolute Gasteiger partial charge is 0.233 e. The van der Waals surface area contributed by atoms with Crippen molar-refractivity contribution in [3.63, 3.8) is 0 Å². The predicted molar refractivity (Wildman–Crippen MR) is 86.4 cm³/mol. The van der Waals surface area contributed by atoms with E-state index in [4.69, 9.17) is 0 Å². The van der Waals surface area contributed by atoms with Gasteiger partial charge in [-0.15, -0.1) is 6.58 Å². The third-order valence-electron chi connectivity index (χ3n) is 3.51. The van der Waals surface area contributed by atoms with Crippen LogP contribution in [0.3, 0.4) is 0 Å². The lowest BCUT2D eigenvalue weighted by Crippen LogP contribution is -2.32. The summed E-state index contributed by atoms with van der Waals surface area (Å²) in [6, 6.07) is 8.42. The molecule has 0 unspecified atom stereocenters. The zero-order valence-corrected chi connectivity index (χ0v) is 12.9. The van der Waals surface area contributed by atoms with E-state index in [1.54, 1.807) is 0 Å². The maximum absolute atomic E-state index is 12.1. The van der Waals surface area contributed by atoms with E-state index in [1.165, 1.54) is 11.8 Å². The predicted octanol–water partition coefficient (Wildman–Crippen LogP) is 2.98. The number of benzene rings is 1. The van der Waals surface area contributed by atoms with Gasteiger partial charge in [0, 0.05) is 12.6 Å². The van der Waals surface area contributed by atoms with Crippen molar-refractivity contribution >= 4 is 28.7 Å². The van der Waals surface area contributed by atoms with E-state index in [9.17, 15) is 4.79 Å².